The van der Waals surface area contributed by atoms with Crippen molar-refractivity contribution < 1.29 is 0 Å². The van der Waals surface area contributed by atoms with Gasteiger partial charge >= 0.3 is 0 Å². The first-order chi connectivity index (χ1) is 7.84. The molecule has 0 unspecified atom stereocenters. The molecule has 1 fully saturated rings. The van der Waals surface area contributed by atoms with Gasteiger partial charge < -0.3 is 9.88 Å². The Morgan fingerprint density at radius 2 is 2.44 bits per heavy atom. The molecule has 0 aromatic carbocycles. The van der Waals surface area contributed by atoms with Crippen LogP contribution >= 0.6 is 11.3 Å². The van der Waals surface area contributed by atoms with Gasteiger partial charge in [-0.25, -0.2) is 0 Å². The van der Waals surface area contributed by atoms with E-state index in [4.69, 9.17) is 0 Å². The molecular weight excluding hydrogens is 220 g/mol. The first-order valence-electron chi connectivity index (χ1n) is 5.64. The summed E-state index contributed by atoms with van der Waals surface area (Å²) in [6, 6.07) is 4.42. The predicted molar refractivity (Wildman–Crippen MR) is 67.1 cm³/mol. The number of rotatable bonds is 2. The molecule has 0 saturated carbocycles. The monoisotopic (exact) mass is 234 g/mol. The van der Waals surface area contributed by atoms with Crippen LogP contribution in [0.15, 0.2) is 28.5 Å². The summed E-state index contributed by atoms with van der Waals surface area (Å²) in [6.07, 6.45) is 4.31. The minimum Gasteiger partial charge on any atom is -0.313 e. The zero-order valence-corrected chi connectivity index (χ0v) is 9.80. The van der Waals surface area contributed by atoms with E-state index in [9.17, 15) is 4.79 Å². The van der Waals surface area contributed by atoms with Crippen LogP contribution in [0.3, 0.4) is 0 Å². The van der Waals surface area contributed by atoms with Crippen molar-refractivity contribution in [2.24, 2.45) is 0 Å². The Hall–Kier alpha value is -1.13. The Bertz CT molecular complexity index is 551. The van der Waals surface area contributed by atoms with Gasteiger partial charge in [0.1, 0.15) is 0 Å². The summed E-state index contributed by atoms with van der Waals surface area (Å²) in [7, 11) is 0. The molecule has 16 heavy (non-hydrogen) atoms. The van der Waals surface area contributed by atoms with Crippen molar-refractivity contribution >= 4 is 21.4 Å². The topological polar surface area (TPSA) is 34.0 Å². The third kappa shape index (κ3) is 1.68. The second-order valence-corrected chi connectivity index (χ2v) is 5.21. The van der Waals surface area contributed by atoms with Crippen molar-refractivity contribution in [3.63, 3.8) is 0 Å². The summed E-state index contributed by atoms with van der Waals surface area (Å²) < 4.78 is 2.92. The van der Waals surface area contributed by atoms with E-state index >= 15 is 0 Å². The number of pyridine rings is 1. The molecule has 4 heteroatoms. The first-order valence-corrected chi connectivity index (χ1v) is 6.52. The average Bonchev–Trinajstić information content (AvgIpc) is 2.93. The second kappa shape index (κ2) is 4.03. The van der Waals surface area contributed by atoms with Crippen molar-refractivity contribution in [3.8, 4) is 0 Å². The van der Waals surface area contributed by atoms with Crippen LogP contribution in [0.5, 0.6) is 0 Å². The smallest absolute Gasteiger partial charge is 0.259 e. The van der Waals surface area contributed by atoms with Gasteiger partial charge in [-0.2, -0.15) is 0 Å². The van der Waals surface area contributed by atoms with Crippen LogP contribution in [0.4, 0.5) is 0 Å². The molecule has 3 nitrogen and oxygen atoms in total. The molecule has 1 saturated heterocycles. The molecule has 84 valence electrons. The highest BCUT2D eigenvalue weighted by Crippen LogP contribution is 2.16. The molecule has 0 amide bonds. The van der Waals surface area contributed by atoms with Gasteiger partial charge in [-0.3, -0.25) is 4.79 Å². The molecule has 1 atom stereocenters. The largest absolute Gasteiger partial charge is 0.313 e. The van der Waals surface area contributed by atoms with E-state index < -0.39 is 0 Å². The summed E-state index contributed by atoms with van der Waals surface area (Å²) in [5.41, 5.74) is 0.146. The van der Waals surface area contributed by atoms with Crippen LogP contribution in [0.2, 0.25) is 0 Å². The number of hydrogen-bond donors (Lipinski definition) is 1. The van der Waals surface area contributed by atoms with Gasteiger partial charge in [0.25, 0.3) is 5.56 Å². The van der Waals surface area contributed by atoms with Crippen LogP contribution in [0.1, 0.15) is 12.8 Å². The minimum absolute atomic E-state index is 0.146. The van der Waals surface area contributed by atoms with Crippen molar-refractivity contribution in [1.82, 2.24) is 9.88 Å². The number of fused-ring (bicyclic) bond motifs is 1. The highest BCUT2D eigenvalue weighted by atomic mass is 32.1. The Balaban J connectivity index is 1.96. The molecule has 0 aliphatic carbocycles. The maximum atomic E-state index is 12.1. The van der Waals surface area contributed by atoms with Crippen molar-refractivity contribution in [2.75, 3.05) is 6.54 Å². The minimum atomic E-state index is 0.146. The molecule has 1 aliphatic heterocycles. The number of nitrogens with zero attached hydrogens (tertiary/aromatic N) is 1. The lowest BCUT2D eigenvalue weighted by Crippen LogP contribution is -2.31. The number of aromatic nitrogens is 1. The third-order valence-electron chi connectivity index (χ3n) is 3.17. The first kappa shape index (κ1) is 10.1. The van der Waals surface area contributed by atoms with Crippen molar-refractivity contribution in [1.29, 1.82) is 0 Å². The maximum Gasteiger partial charge on any atom is 0.259 e. The van der Waals surface area contributed by atoms with Crippen molar-refractivity contribution in [2.45, 2.75) is 25.4 Å². The van der Waals surface area contributed by atoms with Gasteiger partial charge in [-0.05, 0) is 36.9 Å². The molecule has 1 aliphatic rings. The van der Waals surface area contributed by atoms with E-state index in [0.717, 1.165) is 23.2 Å². The summed E-state index contributed by atoms with van der Waals surface area (Å²) >= 11 is 1.62. The highest BCUT2D eigenvalue weighted by Gasteiger charge is 2.15. The number of nitrogens with one attached hydrogen (secondary N) is 1. The van der Waals surface area contributed by atoms with Crippen molar-refractivity contribution in [3.05, 3.63) is 34.1 Å². The molecule has 3 rings (SSSR count). The van der Waals surface area contributed by atoms with Gasteiger partial charge in [0.05, 0.1) is 5.39 Å². The molecule has 0 bridgehead atoms. The lowest BCUT2D eigenvalue weighted by Gasteiger charge is -2.12. The molecule has 0 spiro atoms. The van der Waals surface area contributed by atoms with E-state index in [1.165, 1.54) is 12.8 Å². The summed E-state index contributed by atoms with van der Waals surface area (Å²) in [5, 5.41) is 6.25. The summed E-state index contributed by atoms with van der Waals surface area (Å²) in [4.78, 5) is 12.1. The normalized spacial score (nSPS) is 20.6. The highest BCUT2D eigenvalue weighted by molar-refractivity contribution is 7.17. The molecule has 2 aromatic rings. The lowest BCUT2D eigenvalue weighted by atomic mass is 10.2. The maximum absolute atomic E-state index is 12.1. The second-order valence-electron chi connectivity index (χ2n) is 4.27. The van der Waals surface area contributed by atoms with Crippen LogP contribution in [0, 0.1) is 0 Å². The Kier molecular flexibility index (Phi) is 2.53. The Morgan fingerprint density at radius 3 is 3.25 bits per heavy atom. The SMILES string of the molecule is O=c1c2ccsc2ccn1C[C@@H]1CCCN1. The predicted octanol–water partition coefficient (Wildman–Crippen LogP) is 1.81. The van der Waals surface area contributed by atoms with Gasteiger partial charge in [0.2, 0.25) is 0 Å². The van der Waals surface area contributed by atoms with Gasteiger partial charge in [0.15, 0.2) is 0 Å². The van der Waals surface area contributed by atoms with E-state index in [-0.39, 0.29) is 5.56 Å². The molecular formula is C12H14N2OS. The quantitative estimate of drug-likeness (QED) is 0.860. The summed E-state index contributed by atoms with van der Waals surface area (Å²) in [5.74, 6) is 0. The van der Waals surface area contributed by atoms with Crippen LogP contribution in [-0.2, 0) is 6.54 Å². The zero-order chi connectivity index (χ0) is 11.0. The van der Waals surface area contributed by atoms with Crippen LogP contribution in [0.25, 0.3) is 10.1 Å². The summed E-state index contributed by atoms with van der Waals surface area (Å²) in [6.45, 7) is 1.88. The number of thiophene rings is 1. The molecule has 2 aromatic heterocycles. The Labute approximate surface area is 97.7 Å². The van der Waals surface area contributed by atoms with Gasteiger partial charge in [0, 0.05) is 23.5 Å². The van der Waals surface area contributed by atoms with E-state index in [2.05, 4.69) is 5.32 Å². The van der Waals surface area contributed by atoms with E-state index in [1.807, 2.05) is 28.3 Å². The standard InChI is InChI=1S/C12H14N2OS/c15-12-10-4-7-16-11(10)3-6-14(12)8-9-2-1-5-13-9/h3-4,6-7,9,13H,1-2,5,8H2/t9-/m0/s1. The molecule has 1 N–H and O–H groups in total. The third-order valence-corrected chi connectivity index (χ3v) is 4.05. The fourth-order valence-electron chi connectivity index (χ4n) is 2.30. The fraction of sp³-hybridized carbons (Fsp3) is 0.417. The average molecular weight is 234 g/mol. The van der Waals surface area contributed by atoms with Gasteiger partial charge in [-0.15, -0.1) is 11.3 Å². The lowest BCUT2D eigenvalue weighted by molar-refractivity contribution is 0.501. The number of hydrogen-bond acceptors (Lipinski definition) is 3. The Morgan fingerprint density at radius 1 is 1.50 bits per heavy atom. The molecule has 0 radical (unpaired) electrons. The van der Waals surface area contributed by atoms with E-state index in [1.54, 1.807) is 11.3 Å². The zero-order valence-electron chi connectivity index (χ0n) is 8.98. The molecule has 3 heterocycles. The van der Waals surface area contributed by atoms with Crippen LogP contribution in [-0.4, -0.2) is 17.2 Å². The van der Waals surface area contributed by atoms with Crippen LogP contribution < -0.4 is 10.9 Å². The van der Waals surface area contributed by atoms with Gasteiger partial charge in [-0.1, -0.05) is 0 Å². The fourth-order valence-corrected chi connectivity index (χ4v) is 3.07. The van der Waals surface area contributed by atoms with E-state index in [0.29, 0.717) is 6.04 Å².